The highest BCUT2D eigenvalue weighted by molar-refractivity contribution is 5.67. The van der Waals surface area contributed by atoms with Crippen LogP contribution in [0.2, 0.25) is 0 Å². The Morgan fingerprint density at radius 2 is 2.45 bits per heavy atom. The van der Waals surface area contributed by atoms with E-state index in [0.717, 1.165) is 11.8 Å². The number of rotatable bonds is 1. The lowest BCUT2D eigenvalue weighted by Gasteiger charge is -2.10. The van der Waals surface area contributed by atoms with Crippen LogP contribution in [0.4, 0.5) is 0 Å². The zero-order valence-corrected chi connectivity index (χ0v) is 5.69. The van der Waals surface area contributed by atoms with Crippen molar-refractivity contribution in [3.05, 3.63) is 24.0 Å². The fourth-order valence-electron chi connectivity index (χ4n) is 0.959. The molecule has 2 heterocycles. The van der Waals surface area contributed by atoms with Gasteiger partial charge in [-0.25, -0.2) is 0 Å². The van der Waals surface area contributed by atoms with Crippen molar-refractivity contribution in [3.8, 4) is 5.95 Å². The molecule has 56 valence electrons. The molecule has 1 aliphatic heterocycles. The highest BCUT2D eigenvalue weighted by atomic mass is 16.6. The molecule has 0 amide bonds. The van der Waals surface area contributed by atoms with Crippen molar-refractivity contribution in [3.63, 3.8) is 0 Å². The van der Waals surface area contributed by atoms with Gasteiger partial charge in [0, 0.05) is 0 Å². The van der Waals surface area contributed by atoms with Crippen LogP contribution in [0.3, 0.4) is 0 Å². The molecule has 0 saturated carbocycles. The van der Waals surface area contributed by atoms with Crippen molar-refractivity contribution in [2.75, 3.05) is 0 Å². The van der Waals surface area contributed by atoms with Crippen molar-refractivity contribution in [2.24, 2.45) is 0 Å². The molecule has 1 atom stereocenters. The van der Waals surface area contributed by atoms with Gasteiger partial charge in [0.05, 0.1) is 11.8 Å². The topological polar surface area (TPSA) is 39.4 Å². The van der Waals surface area contributed by atoms with E-state index in [4.69, 9.17) is 9.15 Å². The predicted octanol–water partition coefficient (Wildman–Crippen LogP) is 1.25. The molecule has 3 heteroatoms. The summed E-state index contributed by atoms with van der Waals surface area (Å²) < 4.78 is 10.1. The molecule has 0 aromatic carbocycles. The Morgan fingerprint density at radius 3 is 3.27 bits per heavy atom. The summed E-state index contributed by atoms with van der Waals surface area (Å²) in [7, 11) is 0. The Bertz CT molecular complexity index is 298. The second kappa shape index (κ2) is 2.27. The summed E-state index contributed by atoms with van der Waals surface area (Å²) >= 11 is 0. The van der Waals surface area contributed by atoms with E-state index in [1.54, 1.807) is 18.2 Å². The van der Waals surface area contributed by atoms with Crippen molar-refractivity contribution in [1.29, 1.82) is 0 Å². The predicted molar refractivity (Wildman–Crippen MR) is 38.2 cm³/mol. The van der Waals surface area contributed by atoms with Crippen LogP contribution in [0.25, 0.3) is 6.08 Å². The molecule has 0 radical (unpaired) electrons. The van der Waals surface area contributed by atoms with Gasteiger partial charge in [0.1, 0.15) is 0 Å². The minimum atomic E-state index is -0.492. The Balaban J connectivity index is 2.35. The third kappa shape index (κ3) is 0.941. The number of furan rings is 1. The monoisotopic (exact) mass is 150 g/mol. The second-order valence-electron chi connectivity index (χ2n) is 2.24. The highest BCUT2D eigenvalue weighted by Crippen LogP contribution is 2.25. The van der Waals surface area contributed by atoms with Crippen LogP contribution in [-0.4, -0.2) is 12.4 Å². The summed E-state index contributed by atoms with van der Waals surface area (Å²) in [6.07, 6.45) is 5.25. The van der Waals surface area contributed by atoms with Crippen LogP contribution in [-0.2, 0) is 4.79 Å². The summed E-state index contributed by atoms with van der Waals surface area (Å²) in [5, 5.41) is 0. The number of fused-ring (bicyclic) bond motifs is 1. The molecule has 0 spiro atoms. The molecule has 1 aromatic heterocycles. The maximum absolute atomic E-state index is 10.3. The van der Waals surface area contributed by atoms with Gasteiger partial charge in [0.25, 0.3) is 5.95 Å². The number of carbonyl (C=O) groups excluding carboxylic acids is 1. The Labute approximate surface area is 63.3 Å². The normalized spacial score (nSPS) is 20.5. The largest absolute Gasteiger partial charge is 0.449 e. The average molecular weight is 150 g/mol. The summed E-state index contributed by atoms with van der Waals surface area (Å²) in [5.41, 5.74) is 0.878. The molecule has 0 bridgehead atoms. The van der Waals surface area contributed by atoms with Gasteiger partial charge < -0.3 is 9.15 Å². The smallest absolute Gasteiger partial charge is 0.292 e. The maximum atomic E-state index is 10.3. The molecule has 0 saturated heterocycles. The van der Waals surface area contributed by atoms with Gasteiger partial charge in [-0.1, -0.05) is 0 Å². The van der Waals surface area contributed by atoms with Gasteiger partial charge in [-0.15, -0.1) is 0 Å². The standard InChI is InChI=1S/C8H6O3/c9-5-7-2-1-6-3-4-10-8(6)11-7/h1-5,7H. The molecule has 1 aromatic rings. The van der Waals surface area contributed by atoms with Crippen molar-refractivity contribution in [2.45, 2.75) is 6.10 Å². The van der Waals surface area contributed by atoms with E-state index >= 15 is 0 Å². The average Bonchev–Trinajstić information content (AvgIpc) is 2.50. The van der Waals surface area contributed by atoms with Crippen molar-refractivity contribution >= 4 is 12.4 Å². The quantitative estimate of drug-likeness (QED) is 0.565. The maximum Gasteiger partial charge on any atom is 0.292 e. The third-order valence-corrected chi connectivity index (χ3v) is 1.50. The van der Waals surface area contributed by atoms with E-state index in [9.17, 15) is 4.79 Å². The number of carbonyl (C=O) groups is 1. The number of ether oxygens (including phenoxy) is 1. The van der Waals surface area contributed by atoms with Crippen LogP contribution < -0.4 is 4.74 Å². The van der Waals surface area contributed by atoms with Crippen molar-refractivity contribution in [1.82, 2.24) is 0 Å². The Hall–Kier alpha value is -1.51. The van der Waals surface area contributed by atoms with E-state index in [-0.39, 0.29) is 0 Å². The van der Waals surface area contributed by atoms with E-state index in [0.29, 0.717) is 5.95 Å². The zero-order valence-electron chi connectivity index (χ0n) is 5.69. The molecular formula is C8H6O3. The summed E-state index contributed by atoms with van der Waals surface area (Å²) in [6, 6.07) is 1.78. The van der Waals surface area contributed by atoms with E-state index in [2.05, 4.69) is 0 Å². The lowest BCUT2D eigenvalue weighted by atomic mass is 10.2. The van der Waals surface area contributed by atoms with Crippen LogP contribution in [0.1, 0.15) is 5.56 Å². The Kier molecular flexibility index (Phi) is 1.28. The first-order chi connectivity index (χ1) is 5.40. The molecular weight excluding hydrogens is 144 g/mol. The van der Waals surface area contributed by atoms with Crippen LogP contribution in [0.5, 0.6) is 5.95 Å². The molecule has 1 aliphatic rings. The van der Waals surface area contributed by atoms with Crippen LogP contribution in [0.15, 0.2) is 22.8 Å². The molecule has 3 nitrogen and oxygen atoms in total. The molecule has 0 N–H and O–H groups in total. The summed E-state index contributed by atoms with van der Waals surface area (Å²) in [5.74, 6) is 0.421. The first kappa shape index (κ1) is 6.22. The lowest BCUT2D eigenvalue weighted by Crippen LogP contribution is -2.16. The van der Waals surface area contributed by atoms with Gasteiger partial charge in [0.2, 0.25) is 0 Å². The SMILES string of the molecule is O=CC1C=Cc2ccoc2O1. The molecule has 11 heavy (non-hydrogen) atoms. The van der Waals surface area contributed by atoms with E-state index in [1.165, 1.54) is 6.26 Å². The minimum absolute atomic E-state index is 0.421. The molecule has 1 unspecified atom stereocenters. The fraction of sp³-hybridized carbons (Fsp3) is 0.125. The number of aldehydes is 1. The van der Waals surface area contributed by atoms with E-state index in [1.807, 2.05) is 0 Å². The van der Waals surface area contributed by atoms with Crippen LogP contribution in [0, 0.1) is 0 Å². The lowest BCUT2D eigenvalue weighted by molar-refractivity contribution is -0.112. The second-order valence-corrected chi connectivity index (χ2v) is 2.24. The van der Waals surface area contributed by atoms with Gasteiger partial charge in [-0.05, 0) is 18.2 Å². The zero-order chi connectivity index (χ0) is 7.68. The van der Waals surface area contributed by atoms with E-state index < -0.39 is 6.10 Å². The molecule has 0 aliphatic carbocycles. The fourth-order valence-corrected chi connectivity index (χ4v) is 0.959. The number of hydrogen-bond acceptors (Lipinski definition) is 3. The molecule has 2 rings (SSSR count). The van der Waals surface area contributed by atoms with Gasteiger partial charge in [0.15, 0.2) is 12.4 Å². The van der Waals surface area contributed by atoms with Gasteiger partial charge in [-0.3, -0.25) is 4.79 Å². The molecule has 0 fully saturated rings. The first-order valence-corrected chi connectivity index (χ1v) is 3.28. The van der Waals surface area contributed by atoms with Gasteiger partial charge >= 0.3 is 0 Å². The van der Waals surface area contributed by atoms with Crippen molar-refractivity contribution < 1.29 is 13.9 Å². The minimum Gasteiger partial charge on any atom is -0.449 e. The Morgan fingerprint density at radius 1 is 1.55 bits per heavy atom. The third-order valence-electron chi connectivity index (χ3n) is 1.50. The van der Waals surface area contributed by atoms with Gasteiger partial charge in [-0.2, -0.15) is 0 Å². The van der Waals surface area contributed by atoms with Crippen LogP contribution >= 0.6 is 0 Å². The first-order valence-electron chi connectivity index (χ1n) is 3.28. The number of hydrogen-bond donors (Lipinski definition) is 0. The summed E-state index contributed by atoms with van der Waals surface area (Å²) in [4.78, 5) is 10.3. The highest BCUT2D eigenvalue weighted by Gasteiger charge is 2.15. The summed E-state index contributed by atoms with van der Waals surface area (Å²) in [6.45, 7) is 0.